The van der Waals surface area contributed by atoms with E-state index in [1.165, 1.54) is 6.08 Å². The maximum Gasteiger partial charge on any atom is 0.243 e. The van der Waals surface area contributed by atoms with E-state index in [-0.39, 0.29) is 17.9 Å². The van der Waals surface area contributed by atoms with Crippen LogP contribution in [0, 0.1) is 0 Å². The molecule has 0 aliphatic heterocycles. The molecule has 17 heavy (non-hydrogen) atoms. The van der Waals surface area contributed by atoms with Crippen molar-refractivity contribution in [1.82, 2.24) is 15.5 Å². The first kappa shape index (κ1) is 11.8. The highest BCUT2D eigenvalue weighted by atomic mass is 16.5. The molecule has 1 aliphatic carbocycles. The van der Waals surface area contributed by atoms with Crippen molar-refractivity contribution < 1.29 is 9.32 Å². The Hall–Kier alpha value is -1.65. The summed E-state index contributed by atoms with van der Waals surface area (Å²) in [6, 6.07) is 0.197. The molecule has 2 unspecified atom stereocenters. The van der Waals surface area contributed by atoms with Crippen LogP contribution in [0.2, 0.25) is 0 Å². The van der Waals surface area contributed by atoms with Crippen LogP contribution in [0.1, 0.15) is 43.8 Å². The van der Waals surface area contributed by atoms with Crippen molar-refractivity contribution in [2.75, 3.05) is 0 Å². The molecule has 0 saturated heterocycles. The zero-order chi connectivity index (χ0) is 12.3. The van der Waals surface area contributed by atoms with Gasteiger partial charge in [-0.15, -0.1) is 0 Å². The Labute approximate surface area is 100 Å². The van der Waals surface area contributed by atoms with Crippen LogP contribution in [-0.2, 0) is 11.2 Å². The van der Waals surface area contributed by atoms with E-state index in [0.717, 1.165) is 31.5 Å². The summed E-state index contributed by atoms with van der Waals surface area (Å²) in [7, 11) is 0. The SMILES string of the molecule is C=CC(=O)NC1CCC(c2nc(CC)no2)C1. The second-order valence-corrected chi connectivity index (χ2v) is 4.32. The van der Waals surface area contributed by atoms with Crippen LogP contribution in [0.3, 0.4) is 0 Å². The highest BCUT2D eigenvalue weighted by Gasteiger charge is 2.30. The number of hydrogen-bond acceptors (Lipinski definition) is 4. The third kappa shape index (κ3) is 2.72. The summed E-state index contributed by atoms with van der Waals surface area (Å²) in [5, 5.41) is 6.79. The Balaban J connectivity index is 1.93. The lowest BCUT2D eigenvalue weighted by molar-refractivity contribution is -0.117. The maximum atomic E-state index is 11.2. The van der Waals surface area contributed by atoms with Crippen molar-refractivity contribution in [3.8, 4) is 0 Å². The summed E-state index contributed by atoms with van der Waals surface area (Å²) in [5.74, 6) is 1.61. The van der Waals surface area contributed by atoms with Crippen LogP contribution in [0.25, 0.3) is 0 Å². The van der Waals surface area contributed by atoms with Crippen LogP contribution in [0.15, 0.2) is 17.2 Å². The number of aromatic nitrogens is 2. The molecule has 5 nitrogen and oxygen atoms in total. The van der Waals surface area contributed by atoms with E-state index in [1.807, 2.05) is 6.92 Å². The predicted molar refractivity (Wildman–Crippen MR) is 62.4 cm³/mol. The Kier molecular flexibility index (Phi) is 3.56. The van der Waals surface area contributed by atoms with Gasteiger partial charge in [0, 0.05) is 18.4 Å². The number of nitrogens with zero attached hydrogens (tertiary/aromatic N) is 2. The van der Waals surface area contributed by atoms with Crippen LogP contribution >= 0.6 is 0 Å². The quantitative estimate of drug-likeness (QED) is 0.804. The summed E-state index contributed by atoms with van der Waals surface area (Å²) in [5.41, 5.74) is 0. The first-order valence-corrected chi connectivity index (χ1v) is 5.98. The first-order chi connectivity index (χ1) is 8.22. The smallest absolute Gasteiger partial charge is 0.243 e. The topological polar surface area (TPSA) is 68.0 Å². The Morgan fingerprint density at radius 1 is 1.65 bits per heavy atom. The standard InChI is InChI=1S/C12H17N3O2/c1-3-10-14-12(17-15-10)8-5-6-9(7-8)13-11(16)4-2/h4,8-9H,2-3,5-7H2,1H3,(H,13,16). The average Bonchev–Trinajstić information content (AvgIpc) is 2.96. The van der Waals surface area contributed by atoms with Gasteiger partial charge in [-0.1, -0.05) is 18.7 Å². The summed E-state index contributed by atoms with van der Waals surface area (Å²) >= 11 is 0. The number of carbonyl (C=O) groups is 1. The number of rotatable bonds is 4. The van der Waals surface area contributed by atoms with E-state index in [9.17, 15) is 4.79 Å². The van der Waals surface area contributed by atoms with E-state index in [1.54, 1.807) is 0 Å². The van der Waals surface area contributed by atoms with Gasteiger partial charge in [0.05, 0.1) is 0 Å². The van der Waals surface area contributed by atoms with Gasteiger partial charge in [-0.25, -0.2) is 0 Å². The average molecular weight is 235 g/mol. The molecule has 1 aromatic rings. The molecule has 1 heterocycles. The van der Waals surface area contributed by atoms with Crippen LogP contribution < -0.4 is 5.32 Å². The van der Waals surface area contributed by atoms with Crippen molar-refractivity contribution in [2.45, 2.75) is 44.6 Å². The summed E-state index contributed by atoms with van der Waals surface area (Å²) < 4.78 is 5.23. The molecule has 0 aromatic carbocycles. The van der Waals surface area contributed by atoms with Crippen LogP contribution in [0.4, 0.5) is 0 Å². The van der Waals surface area contributed by atoms with Gasteiger partial charge < -0.3 is 9.84 Å². The molecular formula is C12H17N3O2. The molecule has 1 aliphatic rings. The number of amides is 1. The van der Waals surface area contributed by atoms with Gasteiger partial charge in [0.2, 0.25) is 11.8 Å². The second-order valence-electron chi connectivity index (χ2n) is 4.32. The van der Waals surface area contributed by atoms with Crippen molar-refractivity contribution in [3.05, 3.63) is 24.4 Å². The fourth-order valence-corrected chi connectivity index (χ4v) is 2.17. The monoisotopic (exact) mass is 235 g/mol. The maximum absolute atomic E-state index is 11.2. The summed E-state index contributed by atoms with van der Waals surface area (Å²) in [4.78, 5) is 15.5. The molecule has 0 bridgehead atoms. The lowest BCUT2D eigenvalue weighted by Crippen LogP contribution is -2.31. The number of carbonyl (C=O) groups excluding carboxylic acids is 1. The van der Waals surface area contributed by atoms with Crippen molar-refractivity contribution in [1.29, 1.82) is 0 Å². The van der Waals surface area contributed by atoms with Crippen LogP contribution in [-0.4, -0.2) is 22.1 Å². The minimum atomic E-state index is -0.115. The molecule has 0 radical (unpaired) electrons. The highest BCUT2D eigenvalue weighted by molar-refractivity contribution is 5.87. The zero-order valence-corrected chi connectivity index (χ0v) is 9.98. The minimum absolute atomic E-state index is 0.115. The lowest BCUT2D eigenvalue weighted by Gasteiger charge is -2.09. The van der Waals surface area contributed by atoms with Gasteiger partial charge in [0.1, 0.15) is 0 Å². The molecule has 1 fully saturated rings. The molecule has 1 aromatic heterocycles. The van der Waals surface area contributed by atoms with Gasteiger partial charge in [-0.2, -0.15) is 4.98 Å². The second kappa shape index (κ2) is 5.12. The predicted octanol–water partition coefficient (Wildman–Crippen LogP) is 1.57. The molecule has 92 valence electrons. The Bertz CT molecular complexity index is 414. The number of hydrogen-bond donors (Lipinski definition) is 1. The summed E-state index contributed by atoms with van der Waals surface area (Å²) in [6.07, 6.45) is 4.88. The van der Waals surface area contributed by atoms with E-state index < -0.39 is 0 Å². The fourth-order valence-electron chi connectivity index (χ4n) is 2.17. The van der Waals surface area contributed by atoms with E-state index in [0.29, 0.717) is 5.89 Å². The number of nitrogens with one attached hydrogen (secondary N) is 1. The fraction of sp³-hybridized carbons (Fsp3) is 0.583. The van der Waals surface area contributed by atoms with Gasteiger partial charge in [-0.3, -0.25) is 4.79 Å². The van der Waals surface area contributed by atoms with Crippen LogP contribution in [0.5, 0.6) is 0 Å². The molecule has 1 N–H and O–H groups in total. The van der Waals surface area contributed by atoms with Crippen molar-refractivity contribution in [2.24, 2.45) is 0 Å². The Morgan fingerprint density at radius 3 is 3.12 bits per heavy atom. The molecule has 1 amide bonds. The highest BCUT2D eigenvalue weighted by Crippen LogP contribution is 2.33. The molecule has 1 saturated carbocycles. The molecule has 0 spiro atoms. The zero-order valence-electron chi connectivity index (χ0n) is 9.98. The van der Waals surface area contributed by atoms with E-state index in [4.69, 9.17) is 4.52 Å². The van der Waals surface area contributed by atoms with Crippen molar-refractivity contribution in [3.63, 3.8) is 0 Å². The molecule has 2 rings (SSSR count). The van der Waals surface area contributed by atoms with Gasteiger partial charge in [0.25, 0.3) is 0 Å². The molecule has 5 heteroatoms. The van der Waals surface area contributed by atoms with Gasteiger partial charge >= 0.3 is 0 Å². The third-order valence-electron chi connectivity index (χ3n) is 3.11. The van der Waals surface area contributed by atoms with Crippen molar-refractivity contribution >= 4 is 5.91 Å². The Morgan fingerprint density at radius 2 is 2.47 bits per heavy atom. The van der Waals surface area contributed by atoms with Gasteiger partial charge in [-0.05, 0) is 25.3 Å². The minimum Gasteiger partial charge on any atom is -0.350 e. The largest absolute Gasteiger partial charge is 0.350 e. The summed E-state index contributed by atoms with van der Waals surface area (Å²) in [6.45, 7) is 5.44. The molecular weight excluding hydrogens is 218 g/mol. The number of aryl methyl sites for hydroxylation is 1. The first-order valence-electron chi connectivity index (χ1n) is 5.98. The third-order valence-corrected chi connectivity index (χ3v) is 3.11. The van der Waals surface area contributed by atoms with E-state index in [2.05, 4.69) is 22.0 Å². The van der Waals surface area contributed by atoms with E-state index >= 15 is 0 Å². The van der Waals surface area contributed by atoms with Gasteiger partial charge in [0.15, 0.2) is 5.82 Å². The lowest BCUT2D eigenvalue weighted by atomic mass is 10.1. The normalized spacial score (nSPS) is 23.6. The molecule has 2 atom stereocenters.